The van der Waals surface area contributed by atoms with E-state index in [0.717, 1.165) is 32.2 Å². The van der Waals surface area contributed by atoms with Crippen LogP contribution in [0.2, 0.25) is 0 Å². The van der Waals surface area contributed by atoms with Crippen molar-refractivity contribution in [1.82, 2.24) is 9.80 Å². The van der Waals surface area contributed by atoms with E-state index in [1.165, 1.54) is 6.54 Å². The molecule has 0 radical (unpaired) electrons. The first-order chi connectivity index (χ1) is 6.58. The molecule has 0 aromatic heterocycles. The molecule has 1 fully saturated rings. The van der Waals surface area contributed by atoms with Crippen LogP contribution in [0.4, 0.5) is 0 Å². The molecule has 1 aliphatic heterocycles. The van der Waals surface area contributed by atoms with Crippen LogP contribution in [0, 0.1) is 5.92 Å². The van der Waals surface area contributed by atoms with Gasteiger partial charge in [0.2, 0.25) is 0 Å². The number of hydrogen-bond donors (Lipinski definition) is 0. The predicted octanol–water partition coefficient (Wildman–Crippen LogP) is 0.905. The third-order valence-electron chi connectivity index (χ3n) is 2.42. The molecular weight excluding hydrogens is 176 g/mol. The van der Waals surface area contributed by atoms with Crippen molar-refractivity contribution in [2.24, 2.45) is 5.92 Å². The van der Waals surface area contributed by atoms with E-state index in [-0.39, 0.29) is 0 Å². The molecule has 1 aliphatic rings. The molecule has 0 spiro atoms. The van der Waals surface area contributed by atoms with Crippen molar-refractivity contribution >= 4 is 0 Å². The summed E-state index contributed by atoms with van der Waals surface area (Å²) in [6.45, 7) is 9.87. The van der Waals surface area contributed by atoms with Gasteiger partial charge >= 0.3 is 0 Å². The molecule has 0 aromatic rings. The highest BCUT2D eigenvalue weighted by atomic mass is 16.5. The van der Waals surface area contributed by atoms with Crippen molar-refractivity contribution in [3.05, 3.63) is 0 Å². The van der Waals surface area contributed by atoms with Gasteiger partial charge in [-0.2, -0.15) is 0 Å². The molecule has 0 aromatic carbocycles. The smallest absolute Gasteiger partial charge is 0.0829 e. The van der Waals surface area contributed by atoms with E-state index >= 15 is 0 Å². The van der Waals surface area contributed by atoms with Gasteiger partial charge < -0.3 is 9.64 Å². The fourth-order valence-corrected chi connectivity index (χ4v) is 1.98. The zero-order chi connectivity index (χ0) is 10.6. The van der Waals surface area contributed by atoms with E-state index < -0.39 is 0 Å². The quantitative estimate of drug-likeness (QED) is 0.671. The van der Waals surface area contributed by atoms with E-state index in [9.17, 15) is 0 Å². The van der Waals surface area contributed by atoms with E-state index in [1.807, 2.05) is 0 Å². The fraction of sp³-hybridized carbons (Fsp3) is 1.00. The standard InChI is InChI=1S/C11H24N2O/c1-10(2)7-13-5-6-14-11(9-13)8-12(3)4/h10-11H,5-9H2,1-4H3. The Bertz CT molecular complexity index is 143. The summed E-state index contributed by atoms with van der Waals surface area (Å²) in [5.74, 6) is 0.758. The molecule has 0 N–H and O–H groups in total. The molecule has 1 heterocycles. The largest absolute Gasteiger partial charge is 0.374 e. The zero-order valence-electron chi connectivity index (χ0n) is 9.99. The maximum atomic E-state index is 5.72. The summed E-state index contributed by atoms with van der Waals surface area (Å²) < 4.78 is 5.72. The van der Waals surface area contributed by atoms with E-state index in [2.05, 4.69) is 37.7 Å². The summed E-state index contributed by atoms with van der Waals surface area (Å²) in [5, 5.41) is 0. The lowest BCUT2D eigenvalue weighted by Crippen LogP contribution is -2.47. The minimum Gasteiger partial charge on any atom is -0.374 e. The molecule has 0 bridgehead atoms. The molecule has 14 heavy (non-hydrogen) atoms. The van der Waals surface area contributed by atoms with Crippen molar-refractivity contribution in [1.29, 1.82) is 0 Å². The number of hydrogen-bond acceptors (Lipinski definition) is 3. The van der Waals surface area contributed by atoms with Crippen molar-refractivity contribution < 1.29 is 4.74 Å². The Morgan fingerprint density at radius 3 is 2.71 bits per heavy atom. The Labute approximate surface area is 88.0 Å². The molecule has 1 atom stereocenters. The normalized spacial score (nSPS) is 24.9. The third kappa shape index (κ3) is 4.40. The van der Waals surface area contributed by atoms with Gasteiger partial charge in [0.25, 0.3) is 0 Å². The van der Waals surface area contributed by atoms with E-state index in [4.69, 9.17) is 4.74 Å². The molecule has 3 heteroatoms. The summed E-state index contributed by atoms with van der Waals surface area (Å²) >= 11 is 0. The number of nitrogens with zero attached hydrogens (tertiary/aromatic N) is 2. The Kier molecular flexibility index (Phi) is 4.85. The molecule has 0 amide bonds. The van der Waals surface area contributed by atoms with Gasteiger partial charge in [0.05, 0.1) is 12.7 Å². The van der Waals surface area contributed by atoms with Crippen LogP contribution in [0.3, 0.4) is 0 Å². The van der Waals surface area contributed by atoms with Crippen molar-refractivity contribution in [3.8, 4) is 0 Å². The molecule has 1 saturated heterocycles. The van der Waals surface area contributed by atoms with Crippen LogP contribution < -0.4 is 0 Å². The second-order valence-corrected chi connectivity index (χ2v) is 4.91. The molecular formula is C11H24N2O. The molecule has 0 saturated carbocycles. The summed E-state index contributed by atoms with van der Waals surface area (Å²) in [4.78, 5) is 4.71. The van der Waals surface area contributed by atoms with Gasteiger partial charge in [0, 0.05) is 26.2 Å². The topological polar surface area (TPSA) is 15.7 Å². The Hall–Kier alpha value is -0.120. The maximum Gasteiger partial charge on any atom is 0.0829 e. The molecule has 0 aliphatic carbocycles. The minimum absolute atomic E-state index is 0.400. The average molecular weight is 200 g/mol. The molecule has 3 nitrogen and oxygen atoms in total. The van der Waals surface area contributed by atoms with Gasteiger partial charge in [-0.25, -0.2) is 0 Å². The lowest BCUT2D eigenvalue weighted by Gasteiger charge is -2.35. The Morgan fingerprint density at radius 1 is 1.43 bits per heavy atom. The van der Waals surface area contributed by atoms with Crippen molar-refractivity contribution in [2.75, 3.05) is 46.9 Å². The van der Waals surface area contributed by atoms with Crippen LogP contribution in [0.5, 0.6) is 0 Å². The van der Waals surface area contributed by atoms with E-state index in [0.29, 0.717) is 6.10 Å². The lowest BCUT2D eigenvalue weighted by atomic mass is 10.2. The van der Waals surface area contributed by atoms with Crippen LogP contribution in [-0.4, -0.2) is 62.8 Å². The molecule has 1 rings (SSSR count). The summed E-state index contributed by atoms with van der Waals surface area (Å²) in [5.41, 5.74) is 0. The van der Waals surface area contributed by atoms with Gasteiger partial charge in [0.1, 0.15) is 0 Å². The summed E-state index contributed by atoms with van der Waals surface area (Å²) in [6, 6.07) is 0. The van der Waals surface area contributed by atoms with Crippen LogP contribution >= 0.6 is 0 Å². The minimum atomic E-state index is 0.400. The number of morpholine rings is 1. The van der Waals surface area contributed by atoms with Crippen LogP contribution in [0.1, 0.15) is 13.8 Å². The number of likely N-dealkylation sites (N-methyl/N-ethyl adjacent to an activating group) is 1. The van der Waals surface area contributed by atoms with Crippen molar-refractivity contribution in [3.63, 3.8) is 0 Å². The van der Waals surface area contributed by atoms with Crippen molar-refractivity contribution in [2.45, 2.75) is 20.0 Å². The van der Waals surface area contributed by atoms with Crippen LogP contribution in [0.25, 0.3) is 0 Å². The number of ether oxygens (including phenoxy) is 1. The fourth-order valence-electron chi connectivity index (χ4n) is 1.98. The number of rotatable bonds is 4. The highest BCUT2D eigenvalue weighted by molar-refractivity contribution is 4.73. The summed E-state index contributed by atoms with van der Waals surface area (Å²) in [6.07, 6.45) is 0.400. The van der Waals surface area contributed by atoms with Gasteiger partial charge in [-0.3, -0.25) is 4.90 Å². The third-order valence-corrected chi connectivity index (χ3v) is 2.42. The Morgan fingerprint density at radius 2 is 2.14 bits per heavy atom. The first-order valence-corrected chi connectivity index (χ1v) is 5.56. The first-order valence-electron chi connectivity index (χ1n) is 5.56. The maximum absolute atomic E-state index is 5.72. The molecule has 1 unspecified atom stereocenters. The van der Waals surface area contributed by atoms with E-state index in [1.54, 1.807) is 0 Å². The lowest BCUT2D eigenvalue weighted by molar-refractivity contribution is -0.0408. The van der Waals surface area contributed by atoms with Crippen LogP contribution in [0.15, 0.2) is 0 Å². The monoisotopic (exact) mass is 200 g/mol. The first kappa shape index (κ1) is 12.0. The van der Waals surface area contributed by atoms with Gasteiger partial charge in [-0.15, -0.1) is 0 Å². The average Bonchev–Trinajstić information content (AvgIpc) is 2.01. The predicted molar refractivity (Wildman–Crippen MR) is 59.6 cm³/mol. The highest BCUT2D eigenvalue weighted by Crippen LogP contribution is 2.08. The van der Waals surface area contributed by atoms with Gasteiger partial charge in [-0.1, -0.05) is 13.8 Å². The Balaban J connectivity index is 2.28. The molecule has 84 valence electrons. The highest BCUT2D eigenvalue weighted by Gasteiger charge is 2.20. The SMILES string of the molecule is CC(C)CN1CCOC(CN(C)C)C1. The summed E-state index contributed by atoms with van der Waals surface area (Å²) in [7, 11) is 4.20. The second-order valence-electron chi connectivity index (χ2n) is 4.91. The second kappa shape index (κ2) is 5.69. The van der Waals surface area contributed by atoms with Crippen LogP contribution in [-0.2, 0) is 4.74 Å². The van der Waals surface area contributed by atoms with Gasteiger partial charge in [0.15, 0.2) is 0 Å². The zero-order valence-corrected chi connectivity index (χ0v) is 9.99. The van der Waals surface area contributed by atoms with Gasteiger partial charge in [-0.05, 0) is 20.0 Å².